The van der Waals surface area contributed by atoms with E-state index in [0.29, 0.717) is 0 Å². The molecule has 4 nitrogen and oxygen atoms in total. The predicted molar refractivity (Wildman–Crippen MR) is 61.0 cm³/mol. The summed E-state index contributed by atoms with van der Waals surface area (Å²) in [6, 6.07) is 0. The van der Waals surface area contributed by atoms with Crippen LogP contribution in [0.3, 0.4) is 0 Å². The minimum atomic E-state index is -1.07. The van der Waals surface area contributed by atoms with Gasteiger partial charge in [0.25, 0.3) is 0 Å². The average Bonchev–Trinajstić information content (AvgIpc) is 2.21. The molecule has 1 unspecified atom stereocenters. The summed E-state index contributed by atoms with van der Waals surface area (Å²) in [6.07, 6.45) is 9.20. The highest BCUT2D eigenvalue weighted by Crippen LogP contribution is 1.97. The van der Waals surface area contributed by atoms with Crippen molar-refractivity contribution >= 4 is 11.9 Å². The van der Waals surface area contributed by atoms with E-state index in [1.165, 1.54) is 18.2 Å². The second kappa shape index (κ2) is 7.23. The summed E-state index contributed by atoms with van der Waals surface area (Å²) in [4.78, 5) is 20.7. The molecule has 16 heavy (non-hydrogen) atoms. The van der Waals surface area contributed by atoms with Gasteiger partial charge in [0.15, 0.2) is 0 Å². The maximum absolute atomic E-state index is 10.4. The number of hydrogen-bond acceptors (Lipinski definition) is 2. The maximum Gasteiger partial charge on any atom is 0.335 e. The van der Waals surface area contributed by atoms with E-state index in [2.05, 4.69) is 6.58 Å². The van der Waals surface area contributed by atoms with E-state index < -0.39 is 17.9 Å². The third kappa shape index (κ3) is 6.37. The van der Waals surface area contributed by atoms with Crippen LogP contribution in [0.1, 0.15) is 6.92 Å². The highest BCUT2D eigenvalue weighted by molar-refractivity contribution is 5.89. The molecule has 0 radical (unpaired) electrons. The van der Waals surface area contributed by atoms with E-state index in [1.54, 1.807) is 25.2 Å². The van der Waals surface area contributed by atoms with Crippen LogP contribution in [0, 0.1) is 5.92 Å². The molecular weight excluding hydrogens is 208 g/mol. The van der Waals surface area contributed by atoms with Crippen LogP contribution in [0.2, 0.25) is 0 Å². The molecule has 0 saturated heterocycles. The van der Waals surface area contributed by atoms with E-state index in [-0.39, 0.29) is 5.57 Å². The van der Waals surface area contributed by atoms with Gasteiger partial charge in [-0.3, -0.25) is 4.79 Å². The van der Waals surface area contributed by atoms with Crippen molar-refractivity contribution in [2.45, 2.75) is 6.92 Å². The molecule has 1 atom stereocenters. The fraction of sp³-hybridized carbons (Fsp3) is 0.167. The third-order valence-corrected chi connectivity index (χ3v) is 1.69. The van der Waals surface area contributed by atoms with Gasteiger partial charge in [-0.1, -0.05) is 37.0 Å². The molecule has 0 aromatic heterocycles. The van der Waals surface area contributed by atoms with Crippen molar-refractivity contribution in [1.82, 2.24) is 0 Å². The lowest BCUT2D eigenvalue weighted by Crippen LogP contribution is -2.05. The Hall–Kier alpha value is -2.10. The molecule has 0 aliphatic rings. The minimum absolute atomic E-state index is 0.00691. The molecular formula is C12H14O4. The zero-order valence-corrected chi connectivity index (χ0v) is 8.96. The van der Waals surface area contributed by atoms with Crippen molar-refractivity contribution in [2.75, 3.05) is 0 Å². The van der Waals surface area contributed by atoms with Crippen LogP contribution in [-0.2, 0) is 9.59 Å². The molecule has 0 aliphatic heterocycles. The smallest absolute Gasteiger partial charge is 0.335 e. The van der Waals surface area contributed by atoms with E-state index in [9.17, 15) is 9.59 Å². The Balaban J connectivity index is 4.09. The fourth-order valence-electron chi connectivity index (χ4n) is 0.684. The second-order valence-electron chi connectivity index (χ2n) is 3.09. The second-order valence-corrected chi connectivity index (χ2v) is 3.09. The van der Waals surface area contributed by atoms with Crippen LogP contribution < -0.4 is 0 Å². The molecule has 0 saturated carbocycles. The summed E-state index contributed by atoms with van der Waals surface area (Å²) in [5, 5.41) is 17.0. The summed E-state index contributed by atoms with van der Waals surface area (Å²) in [6.45, 7) is 4.87. The van der Waals surface area contributed by atoms with Gasteiger partial charge < -0.3 is 10.2 Å². The monoisotopic (exact) mass is 222 g/mol. The van der Waals surface area contributed by atoms with Gasteiger partial charge in [-0.05, 0) is 13.0 Å². The third-order valence-electron chi connectivity index (χ3n) is 1.69. The highest BCUT2D eigenvalue weighted by Gasteiger charge is 2.03. The van der Waals surface area contributed by atoms with E-state index in [0.717, 1.165) is 0 Å². The van der Waals surface area contributed by atoms with E-state index in [1.807, 2.05) is 0 Å². The van der Waals surface area contributed by atoms with Crippen molar-refractivity contribution in [3.63, 3.8) is 0 Å². The summed E-state index contributed by atoms with van der Waals surface area (Å²) in [5.41, 5.74) is -0.00691. The largest absolute Gasteiger partial charge is 0.481 e. The molecule has 0 aromatic carbocycles. The Labute approximate surface area is 93.9 Å². The molecule has 2 N–H and O–H groups in total. The van der Waals surface area contributed by atoms with Crippen LogP contribution in [0.25, 0.3) is 0 Å². The Kier molecular flexibility index (Phi) is 6.28. The molecule has 0 bridgehead atoms. The van der Waals surface area contributed by atoms with Crippen molar-refractivity contribution in [3.8, 4) is 0 Å². The van der Waals surface area contributed by atoms with Gasteiger partial charge in [0.1, 0.15) is 0 Å². The predicted octanol–water partition coefficient (Wildman–Crippen LogP) is 2.02. The Morgan fingerprint density at radius 3 is 2.19 bits per heavy atom. The molecule has 0 spiro atoms. The summed E-state index contributed by atoms with van der Waals surface area (Å²) < 4.78 is 0. The lowest BCUT2D eigenvalue weighted by Gasteiger charge is -1.94. The van der Waals surface area contributed by atoms with E-state index >= 15 is 0 Å². The molecule has 0 fully saturated rings. The van der Waals surface area contributed by atoms with Crippen LogP contribution >= 0.6 is 0 Å². The standard InChI is InChI=1S/C12H14O4/c1-9(11(13)14)7-5-3-4-6-8-10(2)12(15)16/h3-8,10H,1H2,2H3,(H,13,14)(H,15,16). The zero-order valence-electron chi connectivity index (χ0n) is 8.96. The lowest BCUT2D eigenvalue weighted by molar-refractivity contribution is -0.139. The van der Waals surface area contributed by atoms with Gasteiger partial charge in [-0.2, -0.15) is 0 Å². The molecule has 0 aliphatic carbocycles. The van der Waals surface area contributed by atoms with Gasteiger partial charge in [-0.15, -0.1) is 0 Å². The lowest BCUT2D eigenvalue weighted by atomic mass is 10.2. The van der Waals surface area contributed by atoms with Crippen LogP contribution in [0.5, 0.6) is 0 Å². The quantitative estimate of drug-likeness (QED) is 0.532. The number of rotatable bonds is 6. The number of carboxylic acids is 2. The fourth-order valence-corrected chi connectivity index (χ4v) is 0.684. The molecule has 0 amide bonds. The normalized spacial score (nSPS) is 13.6. The van der Waals surface area contributed by atoms with Crippen molar-refractivity contribution < 1.29 is 19.8 Å². The van der Waals surface area contributed by atoms with Crippen molar-refractivity contribution in [2.24, 2.45) is 5.92 Å². The number of aliphatic carboxylic acids is 2. The molecule has 0 aromatic rings. The van der Waals surface area contributed by atoms with Gasteiger partial charge in [-0.25, -0.2) is 4.79 Å². The summed E-state index contributed by atoms with van der Waals surface area (Å²) in [7, 11) is 0. The highest BCUT2D eigenvalue weighted by atomic mass is 16.4. The van der Waals surface area contributed by atoms with Gasteiger partial charge in [0, 0.05) is 0 Å². The summed E-state index contributed by atoms with van der Waals surface area (Å²) >= 11 is 0. The first-order valence-corrected chi connectivity index (χ1v) is 4.61. The molecule has 0 heterocycles. The molecule has 0 rings (SSSR count). The number of carbonyl (C=O) groups is 2. The van der Waals surface area contributed by atoms with Crippen LogP contribution in [0.4, 0.5) is 0 Å². The number of hydrogen-bond donors (Lipinski definition) is 2. The Morgan fingerprint density at radius 1 is 1.12 bits per heavy atom. The summed E-state index contributed by atoms with van der Waals surface area (Å²) in [5.74, 6) is -2.50. The first kappa shape index (κ1) is 13.9. The zero-order chi connectivity index (χ0) is 12.6. The van der Waals surface area contributed by atoms with Gasteiger partial charge in [0.2, 0.25) is 0 Å². The van der Waals surface area contributed by atoms with Gasteiger partial charge in [0.05, 0.1) is 11.5 Å². The first-order chi connectivity index (χ1) is 7.45. The van der Waals surface area contributed by atoms with Crippen LogP contribution in [-0.4, -0.2) is 22.2 Å². The van der Waals surface area contributed by atoms with Crippen molar-refractivity contribution in [1.29, 1.82) is 0 Å². The number of allylic oxidation sites excluding steroid dienone is 4. The number of carboxylic acid groups (broad SMARTS) is 2. The molecule has 4 heteroatoms. The Bertz CT molecular complexity index is 361. The van der Waals surface area contributed by atoms with E-state index in [4.69, 9.17) is 10.2 Å². The van der Waals surface area contributed by atoms with Gasteiger partial charge >= 0.3 is 11.9 Å². The topological polar surface area (TPSA) is 74.6 Å². The first-order valence-electron chi connectivity index (χ1n) is 4.61. The average molecular weight is 222 g/mol. The SMILES string of the molecule is C=C(C=CC=CC=CC(C)C(=O)O)C(=O)O. The Morgan fingerprint density at radius 2 is 1.69 bits per heavy atom. The molecule has 86 valence electrons. The minimum Gasteiger partial charge on any atom is -0.481 e. The maximum atomic E-state index is 10.4. The van der Waals surface area contributed by atoms with Crippen LogP contribution in [0.15, 0.2) is 48.6 Å². The van der Waals surface area contributed by atoms with Crippen molar-refractivity contribution in [3.05, 3.63) is 48.6 Å².